The molecule has 0 aromatic rings. The Balaban J connectivity index is 2.03. The fraction of sp³-hybridized carbons (Fsp3) is 0.800. The maximum Gasteiger partial charge on any atom is 0.251 e. The third-order valence-corrected chi connectivity index (χ3v) is 3.22. The van der Waals surface area contributed by atoms with Crippen molar-refractivity contribution in [2.24, 2.45) is 22.6 Å². The fourth-order valence-corrected chi connectivity index (χ4v) is 2.53. The molecular weight excluding hydrogens is 178 g/mol. The monoisotopic (exact) mass is 195 g/mol. The van der Waals surface area contributed by atoms with Crippen LogP contribution in [0.3, 0.4) is 0 Å². The summed E-state index contributed by atoms with van der Waals surface area (Å²) in [6.45, 7) is 2.24. The molecular formula is C10H17N3O. The predicted octanol–water partition coefficient (Wildman–Crippen LogP) is 0.626. The second-order valence-electron chi connectivity index (χ2n) is 4.48. The minimum Gasteiger partial charge on any atom is -0.370 e. The van der Waals surface area contributed by atoms with Crippen LogP contribution in [-0.4, -0.2) is 17.9 Å². The molecule has 1 fully saturated rings. The van der Waals surface area contributed by atoms with Crippen molar-refractivity contribution in [3.63, 3.8) is 0 Å². The highest BCUT2D eigenvalue weighted by molar-refractivity contribution is 6.04. The number of aliphatic imine (C=N–C) groups is 1. The van der Waals surface area contributed by atoms with E-state index in [2.05, 4.69) is 17.2 Å². The second-order valence-corrected chi connectivity index (χ2v) is 4.48. The number of carbonyl (C=O) groups excluding carboxylic acids is 1. The molecule has 1 aliphatic carbocycles. The molecule has 0 aromatic carbocycles. The molecule has 1 heterocycles. The van der Waals surface area contributed by atoms with Gasteiger partial charge in [0.1, 0.15) is 6.04 Å². The fourth-order valence-electron chi connectivity index (χ4n) is 2.53. The molecule has 1 saturated carbocycles. The SMILES string of the molecule is CC1CCCC(C2N=C(N)NC2=O)C1. The van der Waals surface area contributed by atoms with Crippen LogP contribution in [0.25, 0.3) is 0 Å². The van der Waals surface area contributed by atoms with Crippen LogP contribution in [0.5, 0.6) is 0 Å². The van der Waals surface area contributed by atoms with Gasteiger partial charge in [-0.15, -0.1) is 0 Å². The Morgan fingerprint density at radius 2 is 2.29 bits per heavy atom. The van der Waals surface area contributed by atoms with Gasteiger partial charge in [0.05, 0.1) is 0 Å². The molecule has 3 atom stereocenters. The topological polar surface area (TPSA) is 67.5 Å². The molecule has 1 amide bonds. The van der Waals surface area contributed by atoms with Gasteiger partial charge < -0.3 is 5.73 Å². The summed E-state index contributed by atoms with van der Waals surface area (Å²) in [5.41, 5.74) is 5.47. The summed E-state index contributed by atoms with van der Waals surface area (Å²) in [6, 6.07) is -0.210. The molecule has 3 unspecified atom stereocenters. The molecule has 0 saturated heterocycles. The molecule has 2 rings (SSSR count). The average molecular weight is 195 g/mol. The van der Waals surface area contributed by atoms with E-state index in [-0.39, 0.29) is 11.9 Å². The number of nitrogens with zero attached hydrogens (tertiary/aromatic N) is 1. The van der Waals surface area contributed by atoms with Crippen molar-refractivity contribution in [2.45, 2.75) is 38.6 Å². The van der Waals surface area contributed by atoms with Gasteiger partial charge >= 0.3 is 0 Å². The van der Waals surface area contributed by atoms with E-state index in [9.17, 15) is 4.79 Å². The third-order valence-electron chi connectivity index (χ3n) is 3.22. The van der Waals surface area contributed by atoms with Crippen LogP contribution < -0.4 is 11.1 Å². The number of nitrogens with two attached hydrogens (primary N) is 1. The van der Waals surface area contributed by atoms with Crippen molar-refractivity contribution in [3.05, 3.63) is 0 Å². The highest BCUT2D eigenvalue weighted by atomic mass is 16.2. The summed E-state index contributed by atoms with van der Waals surface area (Å²) in [5, 5.41) is 2.57. The lowest BCUT2D eigenvalue weighted by atomic mass is 9.79. The Kier molecular flexibility index (Phi) is 2.44. The van der Waals surface area contributed by atoms with Crippen molar-refractivity contribution in [3.8, 4) is 0 Å². The van der Waals surface area contributed by atoms with Gasteiger partial charge in [0.25, 0.3) is 5.91 Å². The summed E-state index contributed by atoms with van der Waals surface area (Å²) < 4.78 is 0. The molecule has 2 aliphatic rings. The molecule has 3 N–H and O–H groups in total. The molecule has 0 aromatic heterocycles. The van der Waals surface area contributed by atoms with E-state index in [1.807, 2.05) is 0 Å². The lowest BCUT2D eigenvalue weighted by Crippen LogP contribution is -2.36. The van der Waals surface area contributed by atoms with Crippen LogP contribution >= 0.6 is 0 Å². The summed E-state index contributed by atoms with van der Waals surface area (Å²) in [4.78, 5) is 15.6. The van der Waals surface area contributed by atoms with Gasteiger partial charge in [-0.05, 0) is 24.7 Å². The zero-order valence-electron chi connectivity index (χ0n) is 8.49. The second kappa shape index (κ2) is 3.59. The zero-order valence-corrected chi connectivity index (χ0v) is 8.49. The Bertz CT molecular complexity index is 275. The zero-order chi connectivity index (χ0) is 10.1. The number of nitrogens with one attached hydrogen (secondary N) is 1. The largest absolute Gasteiger partial charge is 0.370 e. The van der Waals surface area contributed by atoms with Gasteiger partial charge in [-0.1, -0.05) is 19.8 Å². The van der Waals surface area contributed by atoms with Crippen molar-refractivity contribution in [2.75, 3.05) is 0 Å². The first kappa shape index (κ1) is 9.49. The van der Waals surface area contributed by atoms with Gasteiger partial charge in [-0.25, -0.2) is 4.99 Å². The lowest BCUT2D eigenvalue weighted by molar-refractivity contribution is -0.121. The highest BCUT2D eigenvalue weighted by Crippen LogP contribution is 2.32. The van der Waals surface area contributed by atoms with E-state index >= 15 is 0 Å². The van der Waals surface area contributed by atoms with E-state index in [1.165, 1.54) is 12.8 Å². The molecule has 14 heavy (non-hydrogen) atoms. The van der Waals surface area contributed by atoms with E-state index < -0.39 is 0 Å². The van der Waals surface area contributed by atoms with Crippen LogP contribution in [0.2, 0.25) is 0 Å². The number of amides is 1. The first-order valence-electron chi connectivity index (χ1n) is 5.31. The number of guanidine groups is 1. The Labute approximate surface area is 84.0 Å². The van der Waals surface area contributed by atoms with Crippen LogP contribution in [0.1, 0.15) is 32.6 Å². The molecule has 4 heteroatoms. The Morgan fingerprint density at radius 3 is 2.86 bits per heavy atom. The summed E-state index contributed by atoms with van der Waals surface area (Å²) in [5.74, 6) is 1.40. The Hall–Kier alpha value is -1.06. The van der Waals surface area contributed by atoms with Gasteiger partial charge in [-0.3, -0.25) is 10.1 Å². The minimum absolute atomic E-state index is 0.0124. The van der Waals surface area contributed by atoms with Crippen molar-refractivity contribution in [1.82, 2.24) is 5.32 Å². The molecule has 0 bridgehead atoms. The van der Waals surface area contributed by atoms with Crippen LogP contribution in [-0.2, 0) is 4.79 Å². The van der Waals surface area contributed by atoms with Crippen molar-refractivity contribution >= 4 is 11.9 Å². The first-order valence-corrected chi connectivity index (χ1v) is 5.31. The standard InChI is InChI=1S/C10H17N3O/c1-6-3-2-4-7(5-6)8-9(14)13-10(11)12-8/h6-8H,2-5H2,1H3,(H3,11,12,13,14). The van der Waals surface area contributed by atoms with Crippen LogP contribution in [0.4, 0.5) is 0 Å². The van der Waals surface area contributed by atoms with Gasteiger partial charge in [0.2, 0.25) is 0 Å². The maximum atomic E-state index is 11.5. The van der Waals surface area contributed by atoms with E-state index in [0.29, 0.717) is 11.9 Å². The third kappa shape index (κ3) is 1.74. The van der Waals surface area contributed by atoms with E-state index in [1.54, 1.807) is 0 Å². The average Bonchev–Trinajstić information content (AvgIpc) is 2.45. The summed E-state index contributed by atoms with van der Waals surface area (Å²) in [6.07, 6.45) is 4.71. The smallest absolute Gasteiger partial charge is 0.251 e. The number of hydrogen-bond acceptors (Lipinski definition) is 3. The number of rotatable bonds is 1. The maximum absolute atomic E-state index is 11.5. The van der Waals surface area contributed by atoms with Gasteiger partial charge in [0.15, 0.2) is 5.96 Å². The minimum atomic E-state index is -0.210. The molecule has 78 valence electrons. The molecule has 4 nitrogen and oxygen atoms in total. The van der Waals surface area contributed by atoms with Crippen molar-refractivity contribution < 1.29 is 4.79 Å². The van der Waals surface area contributed by atoms with Gasteiger partial charge in [0, 0.05) is 0 Å². The van der Waals surface area contributed by atoms with Gasteiger partial charge in [-0.2, -0.15) is 0 Å². The Morgan fingerprint density at radius 1 is 1.50 bits per heavy atom. The normalized spacial score (nSPS) is 37.9. The van der Waals surface area contributed by atoms with Crippen LogP contribution in [0, 0.1) is 11.8 Å². The van der Waals surface area contributed by atoms with E-state index in [0.717, 1.165) is 18.8 Å². The quantitative estimate of drug-likeness (QED) is 0.644. The molecule has 0 radical (unpaired) electrons. The molecule has 1 aliphatic heterocycles. The number of hydrogen-bond donors (Lipinski definition) is 2. The predicted molar refractivity (Wildman–Crippen MR) is 54.7 cm³/mol. The highest BCUT2D eigenvalue weighted by Gasteiger charge is 2.34. The molecule has 0 spiro atoms. The summed E-state index contributed by atoms with van der Waals surface area (Å²) >= 11 is 0. The van der Waals surface area contributed by atoms with Crippen LogP contribution in [0.15, 0.2) is 4.99 Å². The van der Waals surface area contributed by atoms with Crippen molar-refractivity contribution in [1.29, 1.82) is 0 Å². The summed E-state index contributed by atoms with van der Waals surface area (Å²) in [7, 11) is 0. The first-order chi connectivity index (χ1) is 6.66. The number of carbonyl (C=O) groups is 1. The van der Waals surface area contributed by atoms with E-state index in [4.69, 9.17) is 5.73 Å². The lowest BCUT2D eigenvalue weighted by Gasteiger charge is -2.28.